The molecule has 2 N–H and O–H groups in total. The van der Waals surface area contributed by atoms with Gasteiger partial charge in [0.2, 0.25) is 0 Å². The lowest BCUT2D eigenvalue weighted by molar-refractivity contribution is -0.137. The molecule has 1 aliphatic rings. The number of alkyl halides is 3. The van der Waals surface area contributed by atoms with Gasteiger partial charge in [-0.25, -0.2) is 4.39 Å². The molecule has 6 heteroatoms. The molecule has 0 saturated carbocycles. The first-order chi connectivity index (χ1) is 8.86. The molecule has 0 spiro atoms. The van der Waals surface area contributed by atoms with E-state index in [0.717, 1.165) is 31.5 Å². The lowest BCUT2D eigenvalue weighted by Crippen LogP contribution is -2.41. The highest BCUT2D eigenvalue weighted by molar-refractivity contribution is 5.47. The van der Waals surface area contributed by atoms with Gasteiger partial charge >= 0.3 is 6.18 Å². The number of benzene rings is 1. The van der Waals surface area contributed by atoms with Crippen molar-refractivity contribution < 1.29 is 17.6 Å². The van der Waals surface area contributed by atoms with Crippen molar-refractivity contribution >= 4 is 5.69 Å². The predicted molar refractivity (Wildman–Crippen MR) is 65.5 cm³/mol. The van der Waals surface area contributed by atoms with Crippen LogP contribution in [0.5, 0.6) is 0 Å². The molecule has 1 heterocycles. The minimum absolute atomic E-state index is 0.0856. The number of hydrogen-bond acceptors (Lipinski definition) is 2. The van der Waals surface area contributed by atoms with Gasteiger partial charge in [0.15, 0.2) is 0 Å². The number of nitrogens with one attached hydrogen (secondary N) is 2. The third-order valence-electron chi connectivity index (χ3n) is 3.28. The summed E-state index contributed by atoms with van der Waals surface area (Å²) in [7, 11) is 0. The van der Waals surface area contributed by atoms with Gasteiger partial charge in [-0.05, 0) is 44.5 Å². The standard InChI is InChI=1S/C13H16F4N2/c1-8-6-10(4-5-18-8)19-12-3-2-9(7-11(12)14)13(15,16)17/h2-3,7-8,10,18-19H,4-6H2,1H3. The molecule has 1 aromatic carbocycles. The van der Waals surface area contributed by atoms with Gasteiger partial charge in [-0.1, -0.05) is 0 Å². The van der Waals surface area contributed by atoms with Gasteiger partial charge in [0.05, 0.1) is 11.3 Å². The van der Waals surface area contributed by atoms with Gasteiger partial charge in [-0.15, -0.1) is 0 Å². The van der Waals surface area contributed by atoms with Crippen LogP contribution in [0.2, 0.25) is 0 Å². The smallest absolute Gasteiger partial charge is 0.380 e. The fourth-order valence-electron chi connectivity index (χ4n) is 2.29. The van der Waals surface area contributed by atoms with Crippen LogP contribution in [0.4, 0.5) is 23.2 Å². The quantitative estimate of drug-likeness (QED) is 0.809. The molecule has 0 radical (unpaired) electrons. The van der Waals surface area contributed by atoms with Gasteiger partial charge in [0.1, 0.15) is 5.82 Å². The lowest BCUT2D eigenvalue weighted by Gasteiger charge is -2.29. The fourth-order valence-corrected chi connectivity index (χ4v) is 2.29. The predicted octanol–water partition coefficient (Wildman–Crippen LogP) is 3.40. The van der Waals surface area contributed by atoms with Gasteiger partial charge < -0.3 is 10.6 Å². The maximum atomic E-state index is 13.7. The SMILES string of the molecule is CC1CC(Nc2ccc(C(F)(F)F)cc2F)CCN1. The third-order valence-corrected chi connectivity index (χ3v) is 3.28. The van der Waals surface area contributed by atoms with Crippen molar-refractivity contribution in [2.45, 2.75) is 38.0 Å². The van der Waals surface area contributed by atoms with Crippen molar-refractivity contribution in [3.63, 3.8) is 0 Å². The van der Waals surface area contributed by atoms with E-state index in [-0.39, 0.29) is 11.7 Å². The number of piperidine rings is 1. The maximum Gasteiger partial charge on any atom is 0.416 e. The summed E-state index contributed by atoms with van der Waals surface area (Å²) in [5.74, 6) is -0.860. The molecule has 106 valence electrons. The molecule has 1 saturated heterocycles. The van der Waals surface area contributed by atoms with Crippen molar-refractivity contribution in [1.29, 1.82) is 0 Å². The highest BCUT2D eigenvalue weighted by Crippen LogP contribution is 2.31. The summed E-state index contributed by atoms with van der Waals surface area (Å²) in [6, 6.07) is 3.00. The zero-order valence-electron chi connectivity index (χ0n) is 10.5. The van der Waals surface area contributed by atoms with Gasteiger partial charge in [-0.3, -0.25) is 0 Å². The van der Waals surface area contributed by atoms with Crippen molar-refractivity contribution in [1.82, 2.24) is 5.32 Å². The average molecular weight is 276 g/mol. The molecule has 1 fully saturated rings. The zero-order chi connectivity index (χ0) is 14.0. The third kappa shape index (κ3) is 3.59. The molecule has 0 aliphatic carbocycles. The van der Waals surface area contributed by atoms with Crippen LogP contribution in [-0.4, -0.2) is 18.6 Å². The van der Waals surface area contributed by atoms with Crippen molar-refractivity contribution in [3.05, 3.63) is 29.6 Å². The highest BCUT2D eigenvalue weighted by Gasteiger charge is 2.31. The molecular formula is C13H16F4N2. The van der Waals surface area contributed by atoms with Crippen LogP contribution in [0.25, 0.3) is 0 Å². The van der Waals surface area contributed by atoms with E-state index in [4.69, 9.17) is 0 Å². The summed E-state index contributed by atoms with van der Waals surface area (Å²) >= 11 is 0. The fraction of sp³-hybridized carbons (Fsp3) is 0.538. The van der Waals surface area contributed by atoms with Gasteiger partial charge in [-0.2, -0.15) is 13.2 Å². The van der Waals surface area contributed by atoms with Crippen LogP contribution in [0.3, 0.4) is 0 Å². The largest absolute Gasteiger partial charge is 0.416 e. The first kappa shape index (κ1) is 14.1. The lowest BCUT2D eigenvalue weighted by atomic mass is 10.00. The van der Waals surface area contributed by atoms with Gasteiger partial charge in [0.25, 0.3) is 0 Å². The maximum absolute atomic E-state index is 13.7. The second-order valence-corrected chi connectivity index (χ2v) is 4.91. The minimum atomic E-state index is -4.51. The van der Waals surface area contributed by atoms with Crippen LogP contribution in [0.1, 0.15) is 25.3 Å². The Kier molecular flexibility index (Phi) is 3.99. The topological polar surface area (TPSA) is 24.1 Å². The minimum Gasteiger partial charge on any atom is -0.380 e. The van der Waals surface area contributed by atoms with E-state index in [9.17, 15) is 17.6 Å². The molecule has 1 aliphatic heterocycles. The van der Waals surface area contributed by atoms with Crippen LogP contribution < -0.4 is 10.6 Å². The van der Waals surface area contributed by atoms with E-state index in [1.807, 2.05) is 6.92 Å². The van der Waals surface area contributed by atoms with E-state index in [1.54, 1.807) is 0 Å². The monoisotopic (exact) mass is 276 g/mol. The van der Waals surface area contributed by atoms with Crippen LogP contribution >= 0.6 is 0 Å². The molecule has 0 bridgehead atoms. The molecule has 19 heavy (non-hydrogen) atoms. The highest BCUT2D eigenvalue weighted by atomic mass is 19.4. The second-order valence-electron chi connectivity index (χ2n) is 4.91. The molecule has 1 aromatic rings. The Labute approximate surface area is 109 Å². The van der Waals surface area contributed by atoms with E-state index < -0.39 is 17.6 Å². The molecule has 2 atom stereocenters. The Hall–Kier alpha value is -1.30. The number of halogens is 4. The summed E-state index contributed by atoms with van der Waals surface area (Å²) in [6.07, 6.45) is -2.87. The average Bonchev–Trinajstić information content (AvgIpc) is 2.30. The van der Waals surface area contributed by atoms with Crippen molar-refractivity contribution in [3.8, 4) is 0 Å². The Morgan fingerprint density at radius 2 is 2.05 bits per heavy atom. The Bertz CT molecular complexity index is 445. The normalized spacial score (nSPS) is 24.3. The van der Waals surface area contributed by atoms with Crippen molar-refractivity contribution in [2.24, 2.45) is 0 Å². The summed E-state index contributed by atoms with van der Waals surface area (Å²) in [6.45, 7) is 2.85. The second kappa shape index (κ2) is 5.36. The molecule has 0 amide bonds. The van der Waals surface area contributed by atoms with Crippen LogP contribution in [0.15, 0.2) is 18.2 Å². The molecular weight excluding hydrogens is 260 g/mol. The van der Waals surface area contributed by atoms with E-state index in [0.29, 0.717) is 12.1 Å². The molecule has 0 aromatic heterocycles. The van der Waals surface area contributed by atoms with E-state index in [2.05, 4.69) is 10.6 Å². The van der Waals surface area contributed by atoms with Crippen LogP contribution in [0, 0.1) is 5.82 Å². The summed E-state index contributed by atoms with van der Waals surface area (Å²) < 4.78 is 50.9. The summed E-state index contributed by atoms with van der Waals surface area (Å²) in [4.78, 5) is 0. The number of anilines is 1. The zero-order valence-corrected chi connectivity index (χ0v) is 10.5. The van der Waals surface area contributed by atoms with E-state index >= 15 is 0 Å². The van der Waals surface area contributed by atoms with Crippen molar-refractivity contribution in [2.75, 3.05) is 11.9 Å². The molecule has 2 nitrogen and oxygen atoms in total. The Morgan fingerprint density at radius 3 is 2.63 bits per heavy atom. The van der Waals surface area contributed by atoms with E-state index in [1.165, 1.54) is 0 Å². The molecule has 2 unspecified atom stereocenters. The first-order valence-electron chi connectivity index (χ1n) is 6.23. The van der Waals surface area contributed by atoms with Gasteiger partial charge in [0, 0.05) is 12.1 Å². The van der Waals surface area contributed by atoms with Crippen LogP contribution in [-0.2, 0) is 6.18 Å². The number of hydrogen-bond donors (Lipinski definition) is 2. The Balaban J connectivity index is 2.09. The summed E-state index contributed by atoms with van der Waals surface area (Å²) in [5, 5.41) is 6.23. The first-order valence-corrected chi connectivity index (χ1v) is 6.23. The summed E-state index contributed by atoms with van der Waals surface area (Å²) in [5.41, 5.74) is -0.832. The molecule has 2 rings (SSSR count). The number of rotatable bonds is 2. The Morgan fingerprint density at radius 1 is 1.32 bits per heavy atom.